The van der Waals surface area contributed by atoms with Crippen LogP contribution in [0.5, 0.6) is 0 Å². The molecule has 0 atom stereocenters. The number of benzene rings is 1. The molecule has 1 heterocycles. The quantitative estimate of drug-likeness (QED) is 0.494. The van der Waals surface area contributed by atoms with Crippen molar-refractivity contribution in [3.8, 4) is 0 Å². The van der Waals surface area contributed by atoms with E-state index in [4.69, 9.17) is 16.3 Å². The van der Waals surface area contributed by atoms with Gasteiger partial charge >= 0.3 is 6.09 Å². The fourth-order valence-electron chi connectivity index (χ4n) is 3.73. The van der Waals surface area contributed by atoms with Gasteiger partial charge in [-0.25, -0.2) is 19.2 Å². The Labute approximate surface area is 193 Å². The van der Waals surface area contributed by atoms with Crippen LogP contribution in [0.3, 0.4) is 0 Å². The number of hydrogen-bond acceptors (Lipinski definition) is 6. The molecule has 0 spiro atoms. The molecule has 1 amide bonds. The summed E-state index contributed by atoms with van der Waals surface area (Å²) < 4.78 is 19.5. The average Bonchev–Trinajstić information content (AvgIpc) is 2.69. The zero-order valence-electron chi connectivity index (χ0n) is 19.0. The number of aromatic nitrogens is 2. The standard InChI is InChI=1S/C23H31ClFN5O2/c1-14-6-5-7-18(25)19(14)26-12-15-13-27-21(24)30-20(15)28-16-8-10-17(11-9-16)29-22(31)32-23(2,3)4/h5-7,13,16-17,26H,8-12H2,1-4H3,(H,29,31)(H,27,28,30)/t16-,17+. The summed E-state index contributed by atoms with van der Waals surface area (Å²) >= 11 is 6.03. The minimum Gasteiger partial charge on any atom is -0.444 e. The number of nitrogens with one attached hydrogen (secondary N) is 3. The van der Waals surface area contributed by atoms with Crippen LogP contribution >= 0.6 is 11.6 Å². The molecular weight excluding hydrogens is 433 g/mol. The van der Waals surface area contributed by atoms with Crippen LogP contribution in [0.1, 0.15) is 57.6 Å². The van der Waals surface area contributed by atoms with Crippen molar-refractivity contribution in [1.82, 2.24) is 15.3 Å². The van der Waals surface area contributed by atoms with Crippen molar-refractivity contribution in [2.45, 2.75) is 77.6 Å². The van der Waals surface area contributed by atoms with Crippen LogP contribution in [0.4, 0.5) is 20.7 Å². The number of hydrogen-bond donors (Lipinski definition) is 3. The fraction of sp³-hybridized carbons (Fsp3) is 0.522. The minimum absolute atomic E-state index is 0.0852. The van der Waals surface area contributed by atoms with Crippen LogP contribution < -0.4 is 16.0 Å². The van der Waals surface area contributed by atoms with Gasteiger partial charge in [0.05, 0.1) is 5.69 Å². The number of nitrogens with zero attached hydrogens (tertiary/aromatic N) is 2. The Morgan fingerprint density at radius 1 is 1.22 bits per heavy atom. The molecule has 1 aromatic carbocycles. The van der Waals surface area contributed by atoms with Crippen LogP contribution in [-0.2, 0) is 11.3 Å². The lowest BCUT2D eigenvalue weighted by molar-refractivity contribution is 0.0492. The first-order valence-electron chi connectivity index (χ1n) is 10.9. The number of ether oxygens (including phenoxy) is 1. The first-order valence-corrected chi connectivity index (χ1v) is 11.2. The molecule has 0 unspecified atom stereocenters. The monoisotopic (exact) mass is 463 g/mol. The van der Waals surface area contributed by atoms with Crippen LogP contribution in [0.15, 0.2) is 24.4 Å². The molecule has 0 saturated heterocycles. The summed E-state index contributed by atoms with van der Waals surface area (Å²) in [6, 6.07) is 5.24. The number of para-hydroxylation sites is 1. The van der Waals surface area contributed by atoms with Gasteiger partial charge < -0.3 is 20.7 Å². The van der Waals surface area contributed by atoms with E-state index in [0.29, 0.717) is 18.1 Å². The number of aryl methyl sites for hydroxylation is 1. The summed E-state index contributed by atoms with van der Waals surface area (Å²) in [7, 11) is 0. The summed E-state index contributed by atoms with van der Waals surface area (Å²) in [5, 5.41) is 9.70. The molecule has 32 heavy (non-hydrogen) atoms. The lowest BCUT2D eigenvalue weighted by atomic mass is 9.91. The summed E-state index contributed by atoms with van der Waals surface area (Å²) in [5.41, 5.74) is 1.57. The third-order valence-corrected chi connectivity index (χ3v) is 5.48. The minimum atomic E-state index is -0.513. The maximum absolute atomic E-state index is 14.1. The Morgan fingerprint density at radius 3 is 2.56 bits per heavy atom. The highest BCUT2D eigenvalue weighted by Gasteiger charge is 2.25. The van der Waals surface area contributed by atoms with E-state index >= 15 is 0 Å². The van der Waals surface area contributed by atoms with Gasteiger partial charge in [0.1, 0.15) is 17.2 Å². The van der Waals surface area contributed by atoms with Crippen LogP contribution in [0.2, 0.25) is 5.28 Å². The second kappa shape index (κ2) is 10.3. The Kier molecular flexibility index (Phi) is 7.77. The Morgan fingerprint density at radius 2 is 1.91 bits per heavy atom. The number of anilines is 2. The van der Waals surface area contributed by atoms with Crippen LogP contribution in [-0.4, -0.2) is 33.7 Å². The van der Waals surface area contributed by atoms with Crippen molar-refractivity contribution in [3.05, 3.63) is 46.6 Å². The maximum atomic E-state index is 14.1. The molecule has 0 radical (unpaired) electrons. The van der Waals surface area contributed by atoms with Crippen molar-refractivity contribution in [2.24, 2.45) is 0 Å². The van der Waals surface area contributed by atoms with Gasteiger partial charge in [-0.3, -0.25) is 0 Å². The molecule has 1 aliphatic rings. The van der Waals surface area contributed by atoms with Gasteiger partial charge in [-0.15, -0.1) is 0 Å². The zero-order chi connectivity index (χ0) is 23.3. The van der Waals surface area contributed by atoms with Crippen LogP contribution in [0.25, 0.3) is 0 Å². The molecule has 1 fully saturated rings. The number of carbonyl (C=O) groups is 1. The first-order chi connectivity index (χ1) is 15.1. The molecule has 0 bridgehead atoms. The summed E-state index contributed by atoms with van der Waals surface area (Å²) in [6.07, 6.45) is 4.66. The van der Waals surface area contributed by atoms with E-state index in [1.807, 2.05) is 33.8 Å². The largest absolute Gasteiger partial charge is 0.444 e. The predicted octanol–water partition coefficient (Wildman–Crippen LogP) is 5.44. The first kappa shape index (κ1) is 24.0. The van der Waals surface area contributed by atoms with Crippen molar-refractivity contribution in [1.29, 1.82) is 0 Å². The highest BCUT2D eigenvalue weighted by molar-refractivity contribution is 6.28. The van der Waals surface area contributed by atoms with Gasteiger partial charge in [-0.05, 0) is 76.6 Å². The molecule has 1 saturated carbocycles. The van der Waals surface area contributed by atoms with Crippen molar-refractivity contribution >= 4 is 29.2 Å². The number of halogens is 2. The lowest BCUT2D eigenvalue weighted by Crippen LogP contribution is -2.42. The molecule has 1 aliphatic carbocycles. The Balaban J connectivity index is 1.57. The molecule has 1 aromatic heterocycles. The number of amides is 1. The molecule has 7 nitrogen and oxygen atoms in total. The van der Waals surface area contributed by atoms with E-state index in [9.17, 15) is 9.18 Å². The van der Waals surface area contributed by atoms with Crippen LogP contribution in [0, 0.1) is 12.7 Å². The molecule has 9 heteroatoms. The van der Waals surface area contributed by atoms with Crippen molar-refractivity contribution in [3.63, 3.8) is 0 Å². The molecule has 2 aromatic rings. The zero-order valence-corrected chi connectivity index (χ0v) is 19.7. The van der Waals surface area contributed by atoms with Gasteiger partial charge in [0.15, 0.2) is 0 Å². The van der Waals surface area contributed by atoms with E-state index in [-0.39, 0.29) is 29.3 Å². The third-order valence-electron chi connectivity index (χ3n) is 5.30. The number of rotatable bonds is 6. The lowest BCUT2D eigenvalue weighted by Gasteiger charge is -2.31. The van der Waals surface area contributed by atoms with Crippen molar-refractivity contribution in [2.75, 3.05) is 10.6 Å². The van der Waals surface area contributed by atoms with Gasteiger partial charge in [0.25, 0.3) is 0 Å². The highest BCUT2D eigenvalue weighted by atomic mass is 35.5. The van der Waals surface area contributed by atoms with E-state index in [2.05, 4.69) is 25.9 Å². The summed E-state index contributed by atoms with van der Waals surface area (Å²) in [5.74, 6) is 0.334. The molecule has 174 valence electrons. The summed E-state index contributed by atoms with van der Waals surface area (Å²) in [6.45, 7) is 7.75. The van der Waals surface area contributed by atoms with E-state index in [1.165, 1.54) is 6.07 Å². The molecular formula is C23H31ClFN5O2. The van der Waals surface area contributed by atoms with E-state index < -0.39 is 5.60 Å². The second-order valence-corrected chi connectivity index (χ2v) is 9.48. The van der Waals surface area contributed by atoms with Gasteiger partial charge in [0, 0.05) is 30.4 Å². The van der Waals surface area contributed by atoms with E-state index in [0.717, 1.165) is 36.8 Å². The smallest absolute Gasteiger partial charge is 0.407 e. The topological polar surface area (TPSA) is 88.2 Å². The molecule has 3 rings (SSSR count). The van der Waals surface area contributed by atoms with Gasteiger partial charge in [-0.1, -0.05) is 12.1 Å². The van der Waals surface area contributed by atoms with Crippen molar-refractivity contribution < 1.29 is 13.9 Å². The Hall–Kier alpha value is -2.61. The third kappa shape index (κ3) is 6.95. The van der Waals surface area contributed by atoms with Gasteiger partial charge in [-0.2, -0.15) is 0 Å². The number of alkyl carbamates (subject to hydrolysis) is 1. The van der Waals surface area contributed by atoms with Gasteiger partial charge in [0.2, 0.25) is 5.28 Å². The fourth-order valence-corrected chi connectivity index (χ4v) is 3.86. The molecule has 3 N–H and O–H groups in total. The predicted molar refractivity (Wildman–Crippen MR) is 125 cm³/mol. The second-order valence-electron chi connectivity index (χ2n) is 9.14. The summed E-state index contributed by atoms with van der Waals surface area (Å²) in [4.78, 5) is 20.4. The Bertz CT molecular complexity index is 922. The SMILES string of the molecule is Cc1cccc(F)c1NCc1cnc(Cl)nc1N[C@H]1CC[C@@H](NC(=O)OC(C)(C)C)CC1. The molecule has 0 aliphatic heterocycles. The normalized spacial score (nSPS) is 18.7. The highest BCUT2D eigenvalue weighted by Crippen LogP contribution is 2.26. The average molecular weight is 464 g/mol. The maximum Gasteiger partial charge on any atom is 0.407 e. The number of carbonyl (C=O) groups excluding carboxylic acids is 1. The van der Waals surface area contributed by atoms with E-state index in [1.54, 1.807) is 12.3 Å².